The molecule has 2 rings (SSSR count). The molecule has 0 atom stereocenters. The zero-order valence-electron chi connectivity index (χ0n) is 16.6. The van der Waals surface area contributed by atoms with Crippen molar-refractivity contribution in [2.75, 3.05) is 0 Å². The van der Waals surface area contributed by atoms with Crippen molar-refractivity contribution >= 4 is 11.9 Å². The maximum absolute atomic E-state index is 12.8. The van der Waals surface area contributed by atoms with Crippen LogP contribution in [0.3, 0.4) is 0 Å². The molecule has 0 amide bonds. The highest BCUT2D eigenvalue weighted by Gasteiger charge is 2.46. The maximum Gasteiger partial charge on any atom is 0.323 e. The average Bonchev–Trinajstić information content (AvgIpc) is 2.66. The minimum atomic E-state index is -1.27. The first kappa shape index (κ1) is 20.7. The number of carbonyl (C=O) groups excluding carboxylic acids is 2. The van der Waals surface area contributed by atoms with Gasteiger partial charge in [-0.3, -0.25) is 9.59 Å². The van der Waals surface area contributed by atoms with Crippen molar-refractivity contribution in [2.45, 2.75) is 53.8 Å². The molecule has 0 saturated carbocycles. The van der Waals surface area contributed by atoms with E-state index in [0.717, 1.165) is 22.3 Å². The van der Waals surface area contributed by atoms with Crippen LogP contribution in [0.4, 0.5) is 0 Å². The Morgan fingerprint density at radius 3 is 1.52 bits per heavy atom. The number of ether oxygens (including phenoxy) is 2. The van der Waals surface area contributed by atoms with Crippen molar-refractivity contribution in [3.8, 4) is 0 Å². The molecule has 0 radical (unpaired) electrons. The summed E-state index contributed by atoms with van der Waals surface area (Å²) in [5, 5.41) is 0. The van der Waals surface area contributed by atoms with Gasteiger partial charge in [0.1, 0.15) is 13.2 Å². The van der Waals surface area contributed by atoms with E-state index >= 15 is 0 Å². The number of esters is 2. The highest BCUT2D eigenvalue weighted by Crippen LogP contribution is 2.31. The van der Waals surface area contributed by atoms with Gasteiger partial charge in [-0.15, -0.1) is 0 Å². The lowest BCUT2D eigenvalue weighted by molar-refractivity contribution is -0.175. The van der Waals surface area contributed by atoms with Crippen LogP contribution in [0.5, 0.6) is 0 Å². The van der Waals surface area contributed by atoms with Gasteiger partial charge in [0.15, 0.2) is 5.41 Å². The van der Waals surface area contributed by atoms with E-state index in [9.17, 15) is 9.59 Å². The summed E-state index contributed by atoms with van der Waals surface area (Å²) in [6.45, 7) is 7.88. The van der Waals surface area contributed by atoms with Gasteiger partial charge in [0.25, 0.3) is 0 Å². The van der Waals surface area contributed by atoms with E-state index in [-0.39, 0.29) is 13.2 Å². The Bertz CT molecular complexity index is 727. The van der Waals surface area contributed by atoms with Crippen LogP contribution in [0.25, 0.3) is 0 Å². The van der Waals surface area contributed by atoms with Gasteiger partial charge in [-0.25, -0.2) is 0 Å². The highest BCUT2D eigenvalue weighted by atomic mass is 16.6. The van der Waals surface area contributed by atoms with Crippen molar-refractivity contribution < 1.29 is 19.1 Å². The Morgan fingerprint density at radius 1 is 0.778 bits per heavy atom. The summed E-state index contributed by atoms with van der Waals surface area (Å²) in [5.74, 6) is -1.05. The van der Waals surface area contributed by atoms with Gasteiger partial charge in [0, 0.05) is 0 Å². The molecule has 0 fully saturated rings. The lowest BCUT2D eigenvalue weighted by Crippen LogP contribution is -2.41. The predicted octanol–water partition coefficient (Wildman–Crippen LogP) is 4.90. The number of carbonyl (C=O) groups is 2. The normalized spacial score (nSPS) is 11.1. The summed E-state index contributed by atoms with van der Waals surface area (Å²) in [5.41, 5.74) is 2.72. The smallest absolute Gasteiger partial charge is 0.323 e. The Balaban J connectivity index is 2.05. The summed E-state index contributed by atoms with van der Waals surface area (Å²) in [6, 6.07) is 15.5. The molecule has 0 N–H and O–H groups in total. The second-order valence-electron chi connectivity index (χ2n) is 6.92. The van der Waals surface area contributed by atoms with Crippen LogP contribution in [0.15, 0.2) is 48.5 Å². The molecule has 0 aliphatic heterocycles. The van der Waals surface area contributed by atoms with Gasteiger partial charge < -0.3 is 9.47 Å². The van der Waals surface area contributed by atoms with Crippen molar-refractivity contribution in [2.24, 2.45) is 5.41 Å². The van der Waals surface area contributed by atoms with Crippen LogP contribution in [0.2, 0.25) is 0 Å². The van der Waals surface area contributed by atoms with Crippen LogP contribution in [-0.2, 0) is 32.3 Å². The van der Waals surface area contributed by atoms with Gasteiger partial charge in [-0.2, -0.15) is 0 Å². The quantitative estimate of drug-likeness (QED) is 0.491. The summed E-state index contributed by atoms with van der Waals surface area (Å²) < 4.78 is 11.0. The fourth-order valence-electron chi connectivity index (χ4n) is 3.09. The number of rotatable bonds is 8. The lowest BCUT2D eigenvalue weighted by atomic mass is 9.82. The van der Waals surface area contributed by atoms with Crippen molar-refractivity contribution in [1.82, 2.24) is 0 Å². The third-order valence-corrected chi connectivity index (χ3v) is 4.89. The Morgan fingerprint density at radius 2 is 1.19 bits per heavy atom. The summed E-state index contributed by atoms with van der Waals surface area (Å²) in [4.78, 5) is 25.5. The first-order valence-corrected chi connectivity index (χ1v) is 9.37. The van der Waals surface area contributed by atoms with Crippen LogP contribution >= 0.6 is 0 Å². The molecule has 0 bridgehead atoms. The van der Waals surface area contributed by atoms with Gasteiger partial charge >= 0.3 is 11.9 Å². The van der Waals surface area contributed by atoms with Gasteiger partial charge in [-0.05, 0) is 37.8 Å². The van der Waals surface area contributed by atoms with Gasteiger partial charge in [0.2, 0.25) is 0 Å². The molecule has 4 heteroatoms. The molecule has 0 aromatic heterocycles. The van der Waals surface area contributed by atoms with E-state index in [1.807, 2.05) is 76.2 Å². The van der Waals surface area contributed by atoms with E-state index in [2.05, 4.69) is 0 Å². The van der Waals surface area contributed by atoms with Crippen LogP contribution in [-0.4, -0.2) is 11.9 Å². The van der Waals surface area contributed by atoms with E-state index in [1.165, 1.54) is 0 Å². The van der Waals surface area contributed by atoms with Gasteiger partial charge in [-0.1, -0.05) is 73.5 Å². The summed E-state index contributed by atoms with van der Waals surface area (Å²) in [6.07, 6.45) is 0.672. The second-order valence-corrected chi connectivity index (χ2v) is 6.92. The van der Waals surface area contributed by atoms with Crippen LogP contribution in [0.1, 0.15) is 48.9 Å². The largest absolute Gasteiger partial charge is 0.460 e. The molecule has 2 aromatic rings. The predicted molar refractivity (Wildman–Crippen MR) is 105 cm³/mol. The molecule has 0 heterocycles. The molecule has 2 aromatic carbocycles. The molecule has 27 heavy (non-hydrogen) atoms. The Labute approximate surface area is 161 Å². The van der Waals surface area contributed by atoms with Crippen LogP contribution < -0.4 is 0 Å². The fraction of sp³-hybridized carbons (Fsp3) is 0.391. The number of benzene rings is 2. The second kappa shape index (κ2) is 9.36. The molecule has 0 unspecified atom stereocenters. The zero-order valence-corrected chi connectivity index (χ0v) is 16.6. The molecule has 0 aliphatic carbocycles. The highest BCUT2D eigenvalue weighted by molar-refractivity contribution is 6.00. The molecule has 4 nitrogen and oxygen atoms in total. The monoisotopic (exact) mass is 368 g/mol. The van der Waals surface area contributed by atoms with Crippen molar-refractivity contribution in [1.29, 1.82) is 0 Å². The topological polar surface area (TPSA) is 52.6 Å². The SMILES string of the molecule is CCC(CC)(C(=O)OCc1cccc(C)c1)C(=O)OCc1cccc(C)c1. The minimum Gasteiger partial charge on any atom is -0.460 e. The molecule has 144 valence electrons. The van der Waals surface area contributed by atoms with Crippen molar-refractivity contribution in [3.05, 3.63) is 70.8 Å². The van der Waals surface area contributed by atoms with Crippen LogP contribution in [0, 0.1) is 19.3 Å². The first-order chi connectivity index (χ1) is 12.9. The Kier molecular flexibility index (Phi) is 7.17. The number of hydrogen-bond donors (Lipinski definition) is 0. The number of hydrogen-bond acceptors (Lipinski definition) is 4. The standard InChI is InChI=1S/C23H28O4/c1-5-23(6-2,21(24)26-15-19-11-7-9-17(3)13-19)22(25)27-16-20-12-8-10-18(4)14-20/h7-14H,5-6,15-16H2,1-4H3. The molecular weight excluding hydrogens is 340 g/mol. The first-order valence-electron chi connectivity index (χ1n) is 9.37. The van der Waals surface area contributed by atoms with Crippen molar-refractivity contribution in [3.63, 3.8) is 0 Å². The molecular formula is C23H28O4. The van der Waals surface area contributed by atoms with E-state index in [1.54, 1.807) is 0 Å². The molecule has 0 spiro atoms. The third kappa shape index (κ3) is 5.19. The van der Waals surface area contributed by atoms with E-state index in [0.29, 0.717) is 12.8 Å². The van der Waals surface area contributed by atoms with Gasteiger partial charge in [0.05, 0.1) is 0 Å². The zero-order chi connectivity index (χ0) is 19.9. The van der Waals surface area contributed by atoms with E-state index < -0.39 is 17.4 Å². The lowest BCUT2D eigenvalue weighted by Gasteiger charge is -2.27. The summed E-state index contributed by atoms with van der Waals surface area (Å²) >= 11 is 0. The third-order valence-electron chi connectivity index (χ3n) is 4.89. The molecule has 0 aliphatic rings. The van der Waals surface area contributed by atoms with E-state index in [4.69, 9.17) is 9.47 Å². The number of aryl methyl sites for hydroxylation is 2. The molecule has 0 saturated heterocycles. The fourth-order valence-corrected chi connectivity index (χ4v) is 3.09. The summed E-state index contributed by atoms with van der Waals surface area (Å²) in [7, 11) is 0. The Hall–Kier alpha value is -2.62. The minimum absolute atomic E-state index is 0.146. The maximum atomic E-state index is 12.8. The average molecular weight is 368 g/mol.